The Balaban J connectivity index is 2.11. The summed E-state index contributed by atoms with van der Waals surface area (Å²) in [6, 6.07) is 9.34. The van der Waals surface area contributed by atoms with Crippen LogP contribution >= 0.6 is 31.9 Å². The van der Waals surface area contributed by atoms with Crippen molar-refractivity contribution in [2.75, 3.05) is 0 Å². The minimum atomic E-state index is -0.381. The number of nitrogens with two attached hydrogens (primary N) is 1. The number of hydrogen-bond acceptors (Lipinski definition) is 3. The molecule has 0 aliphatic heterocycles. The van der Waals surface area contributed by atoms with Crippen molar-refractivity contribution in [1.29, 1.82) is 0 Å². The second-order valence-electron chi connectivity index (χ2n) is 4.17. The number of halogens is 3. The highest BCUT2D eigenvalue weighted by molar-refractivity contribution is 9.10. The lowest BCUT2D eigenvalue weighted by atomic mass is 10.1. The van der Waals surface area contributed by atoms with E-state index in [4.69, 9.17) is 10.6 Å². The van der Waals surface area contributed by atoms with Crippen LogP contribution in [0.1, 0.15) is 15.9 Å². The average Bonchev–Trinajstić information content (AvgIpc) is 2.44. The molecule has 7 heteroatoms. The molecule has 110 valence electrons. The van der Waals surface area contributed by atoms with Gasteiger partial charge in [0.2, 0.25) is 0 Å². The maximum absolute atomic E-state index is 13.2. The summed E-state index contributed by atoms with van der Waals surface area (Å²) in [5.74, 6) is 4.73. The first-order chi connectivity index (χ1) is 9.99. The van der Waals surface area contributed by atoms with Crippen LogP contribution in [0.25, 0.3) is 0 Å². The smallest absolute Gasteiger partial charge is 0.265 e. The molecule has 0 radical (unpaired) electrons. The van der Waals surface area contributed by atoms with Crippen LogP contribution in [0, 0.1) is 5.82 Å². The van der Waals surface area contributed by atoms with Crippen molar-refractivity contribution in [3.8, 4) is 5.75 Å². The maximum Gasteiger partial charge on any atom is 0.265 e. The van der Waals surface area contributed by atoms with Gasteiger partial charge < -0.3 is 4.74 Å². The van der Waals surface area contributed by atoms with Gasteiger partial charge in [-0.25, -0.2) is 10.2 Å². The molecule has 0 heterocycles. The van der Waals surface area contributed by atoms with Crippen molar-refractivity contribution in [2.45, 2.75) is 6.61 Å². The molecule has 2 aromatic carbocycles. The van der Waals surface area contributed by atoms with E-state index in [1.807, 2.05) is 0 Å². The summed E-state index contributed by atoms with van der Waals surface area (Å²) in [6.07, 6.45) is 0. The first kappa shape index (κ1) is 15.9. The molecule has 0 aromatic heterocycles. The molecule has 3 N–H and O–H groups in total. The Morgan fingerprint density at radius 3 is 2.62 bits per heavy atom. The predicted octanol–water partition coefficient (Wildman–Crippen LogP) is 3.53. The minimum Gasteiger partial charge on any atom is -0.489 e. The molecule has 1 amide bonds. The number of carbonyl (C=O) groups is 1. The summed E-state index contributed by atoms with van der Waals surface area (Å²) in [4.78, 5) is 11.4. The Labute approximate surface area is 137 Å². The van der Waals surface area contributed by atoms with Crippen LogP contribution < -0.4 is 16.0 Å². The van der Waals surface area contributed by atoms with E-state index in [2.05, 4.69) is 37.3 Å². The molecular weight excluding hydrogens is 407 g/mol. The largest absolute Gasteiger partial charge is 0.489 e. The second-order valence-corrected chi connectivity index (χ2v) is 5.94. The van der Waals surface area contributed by atoms with Crippen molar-refractivity contribution >= 4 is 37.8 Å². The van der Waals surface area contributed by atoms with Crippen LogP contribution in [-0.2, 0) is 6.61 Å². The summed E-state index contributed by atoms with van der Waals surface area (Å²) in [6.45, 7) is 0.237. The number of ether oxygens (including phenoxy) is 1. The number of benzene rings is 2. The summed E-state index contributed by atoms with van der Waals surface area (Å²) >= 11 is 6.56. The highest BCUT2D eigenvalue weighted by Crippen LogP contribution is 2.24. The van der Waals surface area contributed by atoms with Gasteiger partial charge in [0.25, 0.3) is 5.91 Å². The van der Waals surface area contributed by atoms with E-state index < -0.39 is 0 Å². The van der Waals surface area contributed by atoms with E-state index in [9.17, 15) is 9.18 Å². The van der Waals surface area contributed by atoms with Crippen LogP contribution in [0.15, 0.2) is 45.3 Å². The van der Waals surface area contributed by atoms with Gasteiger partial charge in [0, 0.05) is 26.1 Å². The lowest BCUT2D eigenvalue weighted by Crippen LogP contribution is -2.29. The summed E-state index contributed by atoms with van der Waals surface area (Å²) in [7, 11) is 0. The van der Waals surface area contributed by atoms with Gasteiger partial charge in [-0.1, -0.05) is 37.9 Å². The van der Waals surface area contributed by atoms with E-state index in [-0.39, 0.29) is 18.3 Å². The summed E-state index contributed by atoms with van der Waals surface area (Å²) in [5.41, 5.74) is 3.32. The first-order valence-corrected chi connectivity index (χ1v) is 7.46. The van der Waals surface area contributed by atoms with Crippen molar-refractivity contribution in [2.24, 2.45) is 5.84 Å². The second kappa shape index (κ2) is 7.02. The first-order valence-electron chi connectivity index (χ1n) is 5.88. The van der Waals surface area contributed by atoms with Gasteiger partial charge in [-0.15, -0.1) is 0 Å². The SMILES string of the molecule is NNC(=O)c1ccc(COc2cc(F)cc(Br)c2)c(Br)c1. The molecule has 0 saturated heterocycles. The number of nitrogens with one attached hydrogen (secondary N) is 1. The van der Waals surface area contributed by atoms with Gasteiger partial charge in [0.05, 0.1) is 0 Å². The standard InChI is InChI=1S/C14H11Br2FN2O2/c15-10-4-11(17)6-12(5-10)21-7-9-2-1-8(3-13(9)16)14(20)19-18/h1-6H,7,18H2,(H,19,20). The van der Waals surface area contributed by atoms with E-state index in [0.29, 0.717) is 20.3 Å². The molecule has 2 rings (SSSR count). The minimum absolute atomic E-state index is 0.237. The molecule has 0 atom stereocenters. The predicted molar refractivity (Wildman–Crippen MR) is 84.2 cm³/mol. The number of amides is 1. The topological polar surface area (TPSA) is 64.3 Å². The van der Waals surface area contributed by atoms with E-state index >= 15 is 0 Å². The maximum atomic E-state index is 13.2. The van der Waals surface area contributed by atoms with Crippen LogP contribution in [-0.4, -0.2) is 5.91 Å². The third-order valence-electron chi connectivity index (χ3n) is 2.68. The van der Waals surface area contributed by atoms with Crippen LogP contribution in [0.4, 0.5) is 4.39 Å². The monoisotopic (exact) mass is 416 g/mol. The fraction of sp³-hybridized carbons (Fsp3) is 0.0714. The third kappa shape index (κ3) is 4.26. The van der Waals surface area contributed by atoms with Gasteiger partial charge >= 0.3 is 0 Å². The molecule has 0 aliphatic rings. The molecule has 21 heavy (non-hydrogen) atoms. The molecule has 0 aliphatic carbocycles. The molecular formula is C14H11Br2FN2O2. The summed E-state index contributed by atoms with van der Waals surface area (Å²) in [5, 5.41) is 0. The highest BCUT2D eigenvalue weighted by atomic mass is 79.9. The Morgan fingerprint density at radius 2 is 2.00 bits per heavy atom. The quantitative estimate of drug-likeness (QED) is 0.454. The van der Waals surface area contributed by atoms with Gasteiger partial charge in [0.15, 0.2) is 0 Å². The normalized spacial score (nSPS) is 10.3. The van der Waals surface area contributed by atoms with Crippen LogP contribution in [0.2, 0.25) is 0 Å². The van der Waals surface area contributed by atoms with Crippen molar-refractivity contribution < 1.29 is 13.9 Å². The van der Waals surface area contributed by atoms with Gasteiger partial charge in [-0.05, 0) is 24.3 Å². The van der Waals surface area contributed by atoms with Gasteiger partial charge in [0.1, 0.15) is 18.2 Å². The Kier molecular flexibility index (Phi) is 5.33. The van der Waals surface area contributed by atoms with Crippen LogP contribution in [0.3, 0.4) is 0 Å². The molecule has 4 nitrogen and oxygen atoms in total. The zero-order valence-corrected chi connectivity index (χ0v) is 13.9. The van der Waals surface area contributed by atoms with E-state index in [0.717, 1.165) is 5.56 Å². The number of hydrogen-bond donors (Lipinski definition) is 2. The van der Waals surface area contributed by atoms with Crippen molar-refractivity contribution in [3.05, 3.63) is 62.3 Å². The lowest BCUT2D eigenvalue weighted by Gasteiger charge is -2.10. The zero-order chi connectivity index (χ0) is 15.4. The number of carbonyl (C=O) groups excluding carboxylic acids is 1. The Hall–Kier alpha value is -1.44. The zero-order valence-electron chi connectivity index (χ0n) is 10.7. The number of hydrazine groups is 1. The van der Waals surface area contributed by atoms with Crippen molar-refractivity contribution in [3.63, 3.8) is 0 Å². The van der Waals surface area contributed by atoms with Gasteiger partial charge in [-0.2, -0.15) is 0 Å². The van der Waals surface area contributed by atoms with Crippen LogP contribution in [0.5, 0.6) is 5.75 Å². The molecule has 0 bridgehead atoms. The fourth-order valence-electron chi connectivity index (χ4n) is 1.66. The number of nitrogen functional groups attached to an aromatic ring is 1. The molecule has 2 aromatic rings. The molecule has 0 saturated carbocycles. The Morgan fingerprint density at radius 1 is 1.24 bits per heavy atom. The molecule has 0 unspecified atom stereocenters. The highest BCUT2D eigenvalue weighted by Gasteiger charge is 2.08. The average molecular weight is 418 g/mol. The number of rotatable bonds is 4. The van der Waals surface area contributed by atoms with E-state index in [1.54, 1.807) is 24.3 Å². The van der Waals surface area contributed by atoms with Crippen molar-refractivity contribution in [1.82, 2.24) is 5.43 Å². The van der Waals surface area contributed by atoms with Gasteiger partial charge in [-0.3, -0.25) is 10.2 Å². The fourth-order valence-corrected chi connectivity index (χ4v) is 2.60. The summed E-state index contributed by atoms with van der Waals surface area (Å²) < 4.78 is 20.1. The molecule has 0 spiro atoms. The molecule has 0 fully saturated rings. The third-order valence-corrected chi connectivity index (χ3v) is 3.87. The Bertz CT molecular complexity index is 660. The van der Waals surface area contributed by atoms with E-state index in [1.165, 1.54) is 12.1 Å². The lowest BCUT2D eigenvalue weighted by molar-refractivity contribution is 0.0953.